The first-order chi connectivity index (χ1) is 11.0. The standard InChI is InChI=1S/C17H24N2O4/c1-22-11-13-9-19(10-15(13)17(18)21)16(20)7-6-12-4-3-5-14(8-12)23-2/h3-5,8,13,15H,6-7,9-11H2,1-2H3,(H2,18,21)/t13-,15+/m0/s1. The van der Waals surface area contributed by atoms with Crippen LogP contribution in [-0.2, 0) is 20.7 Å². The van der Waals surface area contributed by atoms with Gasteiger partial charge in [-0.2, -0.15) is 0 Å². The van der Waals surface area contributed by atoms with Crippen LogP contribution in [0.5, 0.6) is 5.75 Å². The van der Waals surface area contributed by atoms with Crippen molar-refractivity contribution in [2.24, 2.45) is 17.6 Å². The van der Waals surface area contributed by atoms with Crippen LogP contribution in [0.2, 0.25) is 0 Å². The van der Waals surface area contributed by atoms with Crippen LogP contribution in [0.15, 0.2) is 24.3 Å². The van der Waals surface area contributed by atoms with E-state index < -0.39 is 0 Å². The van der Waals surface area contributed by atoms with E-state index in [1.54, 1.807) is 19.1 Å². The summed E-state index contributed by atoms with van der Waals surface area (Å²) in [4.78, 5) is 25.6. The third-order valence-corrected chi connectivity index (χ3v) is 4.30. The van der Waals surface area contributed by atoms with Gasteiger partial charge in [-0.15, -0.1) is 0 Å². The first-order valence-electron chi connectivity index (χ1n) is 7.74. The largest absolute Gasteiger partial charge is 0.497 e. The number of rotatable bonds is 7. The van der Waals surface area contributed by atoms with Crippen LogP contribution in [0.1, 0.15) is 12.0 Å². The molecule has 126 valence electrons. The Morgan fingerprint density at radius 3 is 2.74 bits per heavy atom. The van der Waals surface area contributed by atoms with Crippen molar-refractivity contribution in [1.29, 1.82) is 0 Å². The van der Waals surface area contributed by atoms with Crippen LogP contribution < -0.4 is 10.5 Å². The minimum atomic E-state index is -0.366. The normalized spacial score (nSPS) is 20.5. The highest BCUT2D eigenvalue weighted by Crippen LogP contribution is 2.24. The monoisotopic (exact) mass is 320 g/mol. The molecule has 1 aliphatic rings. The van der Waals surface area contributed by atoms with Crippen molar-refractivity contribution >= 4 is 11.8 Å². The average molecular weight is 320 g/mol. The maximum Gasteiger partial charge on any atom is 0.222 e. The fourth-order valence-electron chi connectivity index (χ4n) is 3.02. The van der Waals surface area contributed by atoms with Crippen molar-refractivity contribution in [3.05, 3.63) is 29.8 Å². The third-order valence-electron chi connectivity index (χ3n) is 4.30. The quantitative estimate of drug-likeness (QED) is 0.807. The van der Waals surface area contributed by atoms with E-state index in [1.165, 1.54) is 0 Å². The molecule has 0 radical (unpaired) electrons. The van der Waals surface area contributed by atoms with Gasteiger partial charge in [0.1, 0.15) is 5.75 Å². The lowest BCUT2D eigenvalue weighted by atomic mass is 9.96. The zero-order valence-electron chi connectivity index (χ0n) is 13.7. The molecule has 2 amide bonds. The van der Waals surface area contributed by atoms with E-state index in [0.29, 0.717) is 32.5 Å². The molecule has 0 spiro atoms. The van der Waals surface area contributed by atoms with Crippen LogP contribution in [0.25, 0.3) is 0 Å². The number of likely N-dealkylation sites (tertiary alicyclic amines) is 1. The molecule has 1 saturated heterocycles. The number of hydrogen-bond donors (Lipinski definition) is 1. The Balaban J connectivity index is 1.91. The molecule has 2 N–H and O–H groups in total. The van der Waals surface area contributed by atoms with E-state index in [1.807, 2.05) is 24.3 Å². The highest BCUT2D eigenvalue weighted by molar-refractivity contribution is 5.81. The number of nitrogens with zero attached hydrogens (tertiary/aromatic N) is 1. The van der Waals surface area contributed by atoms with Crippen LogP contribution in [0.4, 0.5) is 0 Å². The van der Waals surface area contributed by atoms with Gasteiger partial charge in [-0.25, -0.2) is 0 Å². The fraction of sp³-hybridized carbons (Fsp3) is 0.529. The molecule has 1 aliphatic heterocycles. The Morgan fingerprint density at radius 1 is 1.30 bits per heavy atom. The second kappa shape index (κ2) is 7.97. The molecule has 2 atom stereocenters. The molecule has 1 heterocycles. The van der Waals surface area contributed by atoms with Gasteiger partial charge in [0.05, 0.1) is 19.6 Å². The number of carbonyl (C=O) groups is 2. The molecule has 0 aromatic heterocycles. The van der Waals surface area contributed by atoms with E-state index in [-0.39, 0.29) is 23.7 Å². The van der Waals surface area contributed by atoms with E-state index >= 15 is 0 Å². The number of aryl methyl sites for hydroxylation is 1. The topological polar surface area (TPSA) is 81.9 Å². The molecule has 1 aromatic rings. The van der Waals surface area contributed by atoms with Crippen molar-refractivity contribution in [2.45, 2.75) is 12.8 Å². The van der Waals surface area contributed by atoms with E-state index in [4.69, 9.17) is 15.2 Å². The summed E-state index contributed by atoms with van der Waals surface area (Å²) in [5.74, 6) is 0.117. The summed E-state index contributed by atoms with van der Waals surface area (Å²) in [5.41, 5.74) is 6.48. The van der Waals surface area contributed by atoms with Gasteiger partial charge in [0.15, 0.2) is 0 Å². The second-order valence-corrected chi connectivity index (χ2v) is 5.87. The Kier molecular flexibility index (Phi) is 5.98. The molecule has 0 bridgehead atoms. The van der Waals surface area contributed by atoms with Crippen LogP contribution >= 0.6 is 0 Å². The predicted octanol–water partition coefficient (Wildman–Crippen LogP) is 0.834. The highest BCUT2D eigenvalue weighted by Gasteiger charge is 2.38. The molecule has 23 heavy (non-hydrogen) atoms. The van der Waals surface area contributed by atoms with Crippen LogP contribution in [0.3, 0.4) is 0 Å². The minimum Gasteiger partial charge on any atom is -0.497 e. The molecule has 6 heteroatoms. The first-order valence-corrected chi connectivity index (χ1v) is 7.74. The summed E-state index contributed by atoms with van der Waals surface area (Å²) in [7, 11) is 3.21. The highest BCUT2D eigenvalue weighted by atomic mass is 16.5. The van der Waals surface area contributed by atoms with Gasteiger partial charge in [-0.1, -0.05) is 12.1 Å². The van der Waals surface area contributed by atoms with Gasteiger partial charge < -0.3 is 20.1 Å². The Labute approximate surface area is 136 Å². The van der Waals surface area contributed by atoms with Gasteiger partial charge in [0, 0.05) is 32.5 Å². The zero-order valence-corrected chi connectivity index (χ0v) is 13.7. The summed E-state index contributed by atoms with van der Waals surface area (Å²) < 4.78 is 10.3. The molecular weight excluding hydrogens is 296 g/mol. The Bertz CT molecular complexity index is 561. The van der Waals surface area contributed by atoms with Gasteiger partial charge >= 0.3 is 0 Å². The number of carbonyl (C=O) groups excluding carboxylic acids is 2. The van der Waals surface area contributed by atoms with Crippen molar-refractivity contribution in [3.8, 4) is 5.75 Å². The fourth-order valence-corrected chi connectivity index (χ4v) is 3.02. The lowest BCUT2D eigenvalue weighted by Gasteiger charge is -2.16. The van der Waals surface area contributed by atoms with E-state index in [0.717, 1.165) is 11.3 Å². The summed E-state index contributed by atoms with van der Waals surface area (Å²) in [6.07, 6.45) is 1.04. The molecule has 0 saturated carbocycles. The second-order valence-electron chi connectivity index (χ2n) is 5.87. The molecule has 1 aromatic carbocycles. The lowest BCUT2D eigenvalue weighted by Crippen LogP contribution is -2.32. The van der Waals surface area contributed by atoms with E-state index in [9.17, 15) is 9.59 Å². The van der Waals surface area contributed by atoms with E-state index in [2.05, 4.69) is 0 Å². The number of nitrogens with two attached hydrogens (primary N) is 1. The van der Waals surface area contributed by atoms with Gasteiger partial charge in [0.25, 0.3) is 0 Å². The summed E-state index contributed by atoms with van der Waals surface area (Å²) in [6.45, 7) is 1.35. The summed E-state index contributed by atoms with van der Waals surface area (Å²) in [5, 5.41) is 0. The Hall–Kier alpha value is -2.08. The first kappa shape index (κ1) is 17.3. The van der Waals surface area contributed by atoms with Gasteiger partial charge in [0.2, 0.25) is 11.8 Å². The zero-order chi connectivity index (χ0) is 16.8. The maximum absolute atomic E-state index is 12.4. The number of hydrogen-bond acceptors (Lipinski definition) is 4. The SMILES string of the molecule is COC[C@@H]1CN(C(=O)CCc2cccc(OC)c2)C[C@H]1C(N)=O. The number of ether oxygens (including phenoxy) is 2. The number of benzene rings is 1. The summed E-state index contributed by atoms with van der Waals surface area (Å²) >= 11 is 0. The van der Waals surface area contributed by atoms with Crippen molar-refractivity contribution in [3.63, 3.8) is 0 Å². The molecule has 0 aliphatic carbocycles. The minimum absolute atomic E-state index is 0.0155. The van der Waals surface area contributed by atoms with Crippen molar-refractivity contribution in [1.82, 2.24) is 4.90 Å². The third kappa shape index (κ3) is 4.45. The molecule has 1 fully saturated rings. The van der Waals surface area contributed by atoms with Crippen LogP contribution in [-0.4, -0.2) is 50.6 Å². The van der Waals surface area contributed by atoms with Crippen molar-refractivity contribution in [2.75, 3.05) is 33.9 Å². The molecule has 0 unspecified atom stereocenters. The number of methoxy groups -OCH3 is 2. The van der Waals surface area contributed by atoms with Crippen LogP contribution in [0, 0.1) is 11.8 Å². The average Bonchev–Trinajstić information content (AvgIpc) is 2.97. The summed E-state index contributed by atoms with van der Waals surface area (Å²) in [6, 6.07) is 7.68. The molecular formula is C17H24N2O4. The molecule has 2 rings (SSSR count). The maximum atomic E-state index is 12.4. The van der Waals surface area contributed by atoms with Gasteiger partial charge in [-0.3, -0.25) is 9.59 Å². The number of amides is 2. The smallest absolute Gasteiger partial charge is 0.222 e. The van der Waals surface area contributed by atoms with Gasteiger partial charge in [-0.05, 0) is 24.1 Å². The molecule has 6 nitrogen and oxygen atoms in total. The Morgan fingerprint density at radius 2 is 2.09 bits per heavy atom. The number of primary amides is 1. The predicted molar refractivity (Wildman–Crippen MR) is 85.9 cm³/mol. The van der Waals surface area contributed by atoms with Crippen molar-refractivity contribution < 1.29 is 19.1 Å². The lowest BCUT2D eigenvalue weighted by molar-refractivity contribution is -0.130.